The van der Waals surface area contributed by atoms with Gasteiger partial charge < -0.3 is 9.47 Å². The molecule has 1 heterocycles. The maximum Gasteiger partial charge on any atom is 0.196 e. The van der Waals surface area contributed by atoms with Gasteiger partial charge in [0.2, 0.25) is 0 Å². The van der Waals surface area contributed by atoms with Gasteiger partial charge >= 0.3 is 0 Å². The van der Waals surface area contributed by atoms with E-state index in [0.29, 0.717) is 17.9 Å². The maximum absolute atomic E-state index is 11.9. The molecule has 0 aliphatic carbocycles. The third kappa shape index (κ3) is 5.92. The van der Waals surface area contributed by atoms with Crippen molar-refractivity contribution in [2.75, 3.05) is 13.7 Å². The summed E-state index contributed by atoms with van der Waals surface area (Å²) >= 11 is 1.55. The number of aromatic nitrogens is 3. The summed E-state index contributed by atoms with van der Waals surface area (Å²) in [6, 6.07) is 23.5. The number of rotatable bonds is 11. The molecule has 4 aromatic rings. The Hall–Kier alpha value is -3.58. The molecule has 3 aromatic carbocycles. The van der Waals surface area contributed by atoms with Crippen molar-refractivity contribution in [3.05, 3.63) is 83.9 Å². The Morgan fingerprint density at radius 3 is 2.46 bits per heavy atom. The van der Waals surface area contributed by atoms with Crippen molar-refractivity contribution < 1.29 is 14.3 Å². The minimum Gasteiger partial charge on any atom is -0.496 e. The van der Waals surface area contributed by atoms with Crippen molar-refractivity contribution in [3.8, 4) is 28.6 Å². The van der Waals surface area contributed by atoms with Crippen LogP contribution in [-0.2, 0) is 5.75 Å². The summed E-state index contributed by atoms with van der Waals surface area (Å²) in [7, 11) is 1.64. The van der Waals surface area contributed by atoms with Crippen LogP contribution in [0.3, 0.4) is 0 Å². The van der Waals surface area contributed by atoms with Crippen LogP contribution in [0.25, 0.3) is 17.1 Å². The molecule has 0 atom stereocenters. The average molecular weight is 488 g/mol. The van der Waals surface area contributed by atoms with Gasteiger partial charge in [-0.1, -0.05) is 43.3 Å². The molecular formula is C28H29N3O3S. The van der Waals surface area contributed by atoms with E-state index in [-0.39, 0.29) is 5.78 Å². The molecule has 35 heavy (non-hydrogen) atoms. The first-order valence-corrected chi connectivity index (χ1v) is 12.6. The number of ether oxygens (including phenoxy) is 2. The highest BCUT2D eigenvalue weighted by Gasteiger charge is 2.17. The van der Waals surface area contributed by atoms with Gasteiger partial charge in [-0.25, -0.2) is 0 Å². The van der Waals surface area contributed by atoms with Crippen LogP contribution in [0.15, 0.2) is 78.0 Å². The molecule has 0 spiro atoms. The number of ketones is 1. The minimum absolute atomic E-state index is 0.0239. The monoisotopic (exact) mass is 487 g/mol. The Morgan fingerprint density at radius 2 is 1.77 bits per heavy atom. The quantitative estimate of drug-likeness (QED) is 0.135. The predicted molar refractivity (Wildman–Crippen MR) is 140 cm³/mol. The highest BCUT2D eigenvalue weighted by molar-refractivity contribution is 7.98. The molecule has 0 fully saturated rings. The molecule has 0 amide bonds. The van der Waals surface area contributed by atoms with Gasteiger partial charge in [0.05, 0.1) is 13.7 Å². The van der Waals surface area contributed by atoms with Crippen LogP contribution in [-0.4, -0.2) is 34.3 Å². The van der Waals surface area contributed by atoms with Crippen molar-refractivity contribution in [1.82, 2.24) is 14.8 Å². The van der Waals surface area contributed by atoms with Crippen LogP contribution in [0.5, 0.6) is 11.5 Å². The lowest BCUT2D eigenvalue weighted by atomic mass is 10.1. The summed E-state index contributed by atoms with van der Waals surface area (Å²) in [6.07, 6.45) is 2.13. The van der Waals surface area contributed by atoms with Gasteiger partial charge in [0.15, 0.2) is 16.8 Å². The van der Waals surface area contributed by atoms with E-state index in [4.69, 9.17) is 9.47 Å². The lowest BCUT2D eigenvalue weighted by molar-refractivity contribution is 0.101. The van der Waals surface area contributed by atoms with Gasteiger partial charge in [-0.3, -0.25) is 9.36 Å². The second kappa shape index (κ2) is 11.7. The maximum atomic E-state index is 11.9. The predicted octanol–water partition coefficient (Wildman–Crippen LogP) is 6.62. The summed E-state index contributed by atoms with van der Waals surface area (Å²) in [5.74, 6) is 2.95. The molecule has 0 aliphatic rings. The summed E-state index contributed by atoms with van der Waals surface area (Å²) < 4.78 is 13.4. The van der Waals surface area contributed by atoms with Gasteiger partial charge in [0, 0.05) is 28.1 Å². The van der Waals surface area contributed by atoms with Crippen molar-refractivity contribution in [2.45, 2.75) is 37.6 Å². The zero-order chi connectivity index (χ0) is 24.6. The lowest BCUT2D eigenvalue weighted by Gasteiger charge is -2.12. The van der Waals surface area contributed by atoms with Crippen molar-refractivity contribution in [2.24, 2.45) is 0 Å². The number of methoxy groups -OCH3 is 1. The Morgan fingerprint density at radius 1 is 1.00 bits per heavy atom. The summed E-state index contributed by atoms with van der Waals surface area (Å²) in [4.78, 5) is 11.9. The number of hydrogen-bond acceptors (Lipinski definition) is 6. The van der Waals surface area contributed by atoms with Crippen molar-refractivity contribution in [3.63, 3.8) is 0 Å². The van der Waals surface area contributed by atoms with Crippen LogP contribution < -0.4 is 9.47 Å². The Balaban J connectivity index is 1.64. The van der Waals surface area contributed by atoms with Crippen molar-refractivity contribution in [1.29, 1.82) is 0 Å². The van der Waals surface area contributed by atoms with Crippen LogP contribution in [0, 0.1) is 0 Å². The van der Waals surface area contributed by atoms with Crippen LogP contribution in [0.2, 0.25) is 0 Å². The fraction of sp³-hybridized carbons (Fsp3) is 0.250. The molecule has 1 aromatic heterocycles. The van der Waals surface area contributed by atoms with Crippen LogP contribution in [0.4, 0.5) is 0 Å². The third-order valence-corrected chi connectivity index (χ3v) is 6.55. The average Bonchev–Trinajstić information content (AvgIpc) is 3.32. The molecule has 6 nitrogen and oxygen atoms in total. The first-order valence-electron chi connectivity index (χ1n) is 11.7. The molecule has 0 bridgehead atoms. The summed E-state index contributed by atoms with van der Waals surface area (Å²) in [6.45, 7) is 4.43. The molecule has 0 saturated heterocycles. The van der Waals surface area contributed by atoms with E-state index < -0.39 is 0 Å². The summed E-state index contributed by atoms with van der Waals surface area (Å²) in [5.41, 5.74) is 3.52. The highest BCUT2D eigenvalue weighted by atomic mass is 32.2. The Bertz CT molecular complexity index is 1270. The molecule has 0 radical (unpaired) electrons. The number of carbonyl (C=O) groups excluding carboxylic acids is 1. The highest BCUT2D eigenvalue weighted by Crippen LogP contribution is 2.33. The number of Topliss-reactive ketones (excluding diaryl/α,β-unsaturated/α-hetero) is 1. The Kier molecular flexibility index (Phi) is 8.21. The van der Waals surface area contributed by atoms with Crippen molar-refractivity contribution >= 4 is 17.5 Å². The molecule has 0 unspecified atom stereocenters. The molecule has 0 N–H and O–H groups in total. The Labute approximate surface area is 210 Å². The standard InChI is InChI=1S/C28H29N3O3S/c1-4-5-17-34-25-14-11-21(12-15-25)27-29-30-28(31(27)24-9-7-6-8-10-24)35-19-23-18-22(20(2)32)13-16-26(23)33-3/h6-16,18H,4-5,17,19H2,1-3H3. The van der Waals surface area contributed by atoms with E-state index in [0.717, 1.165) is 52.1 Å². The van der Waals surface area contributed by atoms with E-state index in [1.54, 1.807) is 31.9 Å². The molecule has 0 aliphatic heterocycles. The van der Waals surface area contributed by atoms with E-state index in [9.17, 15) is 4.79 Å². The summed E-state index contributed by atoms with van der Waals surface area (Å²) in [5, 5.41) is 9.81. The van der Waals surface area contributed by atoms with Crippen LogP contribution in [0.1, 0.15) is 42.6 Å². The normalized spacial score (nSPS) is 10.8. The smallest absolute Gasteiger partial charge is 0.196 e. The zero-order valence-electron chi connectivity index (χ0n) is 20.2. The molecule has 4 rings (SSSR count). The first-order chi connectivity index (χ1) is 17.1. The fourth-order valence-corrected chi connectivity index (χ4v) is 4.58. The van der Waals surface area contributed by atoms with Gasteiger partial charge in [-0.15, -0.1) is 10.2 Å². The zero-order valence-corrected chi connectivity index (χ0v) is 21.0. The number of unbranched alkanes of at least 4 members (excludes halogenated alkanes) is 1. The molecule has 180 valence electrons. The van der Waals surface area contributed by atoms with Gasteiger partial charge in [-0.2, -0.15) is 0 Å². The second-order valence-corrected chi connectivity index (χ2v) is 9.02. The molecule has 7 heteroatoms. The van der Waals surface area contributed by atoms with Gasteiger partial charge in [0.25, 0.3) is 0 Å². The SMILES string of the molecule is CCCCOc1ccc(-c2nnc(SCc3cc(C(C)=O)ccc3OC)n2-c2ccccc2)cc1. The van der Waals surface area contributed by atoms with E-state index >= 15 is 0 Å². The topological polar surface area (TPSA) is 66.2 Å². The van der Waals surface area contributed by atoms with Crippen LogP contribution >= 0.6 is 11.8 Å². The molecule has 0 saturated carbocycles. The van der Waals surface area contributed by atoms with E-state index in [2.05, 4.69) is 21.7 Å². The number of hydrogen-bond donors (Lipinski definition) is 0. The number of nitrogens with zero attached hydrogens (tertiary/aromatic N) is 3. The first kappa shape index (κ1) is 24.5. The number of benzene rings is 3. The van der Waals surface area contributed by atoms with Gasteiger partial charge in [-0.05, 0) is 67.9 Å². The second-order valence-electron chi connectivity index (χ2n) is 8.08. The minimum atomic E-state index is 0.0239. The van der Waals surface area contributed by atoms with E-state index in [1.165, 1.54) is 0 Å². The number of para-hydroxylation sites is 1. The van der Waals surface area contributed by atoms with Gasteiger partial charge in [0.1, 0.15) is 11.5 Å². The fourth-order valence-electron chi connectivity index (χ4n) is 3.65. The van der Waals surface area contributed by atoms with E-state index in [1.807, 2.05) is 66.7 Å². The lowest BCUT2D eigenvalue weighted by Crippen LogP contribution is -2.01. The number of thioether (sulfide) groups is 1. The number of carbonyl (C=O) groups is 1. The molecular weight excluding hydrogens is 458 g/mol. The third-order valence-electron chi connectivity index (χ3n) is 5.57. The largest absolute Gasteiger partial charge is 0.496 e.